The van der Waals surface area contributed by atoms with Crippen LogP contribution in [0.2, 0.25) is 0 Å². The summed E-state index contributed by atoms with van der Waals surface area (Å²) in [7, 11) is 0. The first kappa shape index (κ1) is 14.2. The fraction of sp³-hybridized carbons (Fsp3) is 0.474. The third-order valence-electron chi connectivity index (χ3n) is 4.75. The Morgan fingerprint density at radius 2 is 1.62 bits per heavy atom. The molecular formula is C19H24N2. The second kappa shape index (κ2) is 6.84. The van der Waals surface area contributed by atoms with Crippen molar-refractivity contribution in [2.24, 2.45) is 5.92 Å². The fourth-order valence-electron chi connectivity index (χ4n) is 3.55. The highest BCUT2D eigenvalue weighted by Crippen LogP contribution is 2.37. The summed E-state index contributed by atoms with van der Waals surface area (Å²) in [6.45, 7) is 2.30. The highest BCUT2D eigenvalue weighted by molar-refractivity contribution is 5.55. The molecule has 0 unspecified atom stereocenters. The largest absolute Gasteiger partial charge is 0.237 e. The Morgan fingerprint density at radius 1 is 0.952 bits per heavy atom. The molecule has 1 aliphatic carbocycles. The summed E-state index contributed by atoms with van der Waals surface area (Å²) in [5, 5.41) is 0. The van der Waals surface area contributed by atoms with E-state index in [2.05, 4.69) is 41.2 Å². The zero-order valence-electron chi connectivity index (χ0n) is 12.8. The summed E-state index contributed by atoms with van der Waals surface area (Å²) >= 11 is 0. The highest BCUT2D eigenvalue weighted by atomic mass is 14.8. The maximum absolute atomic E-state index is 4.31. The van der Waals surface area contributed by atoms with Crippen LogP contribution in [0.25, 0.3) is 11.4 Å². The molecule has 0 radical (unpaired) electrons. The molecule has 0 bridgehead atoms. The summed E-state index contributed by atoms with van der Waals surface area (Å²) in [5.74, 6) is 2.54. The van der Waals surface area contributed by atoms with Crippen LogP contribution < -0.4 is 0 Å². The zero-order chi connectivity index (χ0) is 14.5. The van der Waals surface area contributed by atoms with Gasteiger partial charge in [0.1, 0.15) is 0 Å². The Kier molecular flexibility index (Phi) is 4.64. The molecule has 3 rings (SSSR count). The monoisotopic (exact) mass is 280 g/mol. The second-order valence-corrected chi connectivity index (χ2v) is 6.20. The van der Waals surface area contributed by atoms with Gasteiger partial charge in [0.05, 0.1) is 0 Å². The van der Waals surface area contributed by atoms with Crippen LogP contribution in [0, 0.1) is 5.92 Å². The molecule has 0 atom stereocenters. The minimum atomic E-state index is 0.754. The molecule has 1 saturated carbocycles. The van der Waals surface area contributed by atoms with E-state index in [9.17, 15) is 0 Å². The van der Waals surface area contributed by atoms with E-state index in [1.165, 1.54) is 44.1 Å². The summed E-state index contributed by atoms with van der Waals surface area (Å²) in [6.07, 6.45) is 11.9. The van der Waals surface area contributed by atoms with Gasteiger partial charge in [0.15, 0.2) is 5.82 Å². The number of nitrogens with zero attached hydrogens (tertiary/aromatic N) is 2. The van der Waals surface area contributed by atoms with E-state index in [1.54, 1.807) is 12.4 Å². The first-order chi connectivity index (χ1) is 10.4. The lowest BCUT2D eigenvalue weighted by Gasteiger charge is -2.28. The van der Waals surface area contributed by atoms with E-state index in [-0.39, 0.29) is 0 Å². The first-order valence-corrected chi connectivity index (χ1v) is 8.24. The SMILES string of the molecule is CCC[C@H]1CC[C@H](c2ccc(-c3ncccn3)cc2)CC1. The molecule has 21 heavy (non-hydrogen) atoms. The van der Waals surface area contributed by atoms with Gasteiger partial charge in [0.25, 0.3) is 0 Å². The van der Waals surface area contributed by atoms with Gasteiger partial charge in [0.2, 0.25) is 0 Å². The Balaban J connectivity index is 1.65. The molecular weight excluding hydrogens is 256 g/mol. The number of hydrogen-bond acceptors (Lipinski definition) is 2. The lowest BCUT2D eigenvalue weighted by Crippen LogP contribution is -2.13. The van der Waals surface area contributed by atoms with Gasteiger partial charge >= 0.3 is 0 Å². The summed E-state index contributed by atoms with van der Waals surface area (Å²) in [6, 6.07) is 10.7. The average Bonchev–Trinajstić information content (AvgIpc) is 2.57. The van der Waals surface area contributed by atoms with Gasteiger partial charge in [-0.05, 0) is 49.1 Å². The van der Waals surface area contributed by atoms with Gasteiger partial charge in [-0.3, -0.25) is 0 Å². The average molecular weight is 280 g/mol. The molecule has 1 aromatic carbocycles. The van der Waals surface area contributed by atoms with Crippen LogP contribution in [0.4, 0.5) is 0 Å². The van der Waals surface area contributed by atoms with E-state index >= 15 is 0 Å². The predicted molar refractivity (Wildman–Crippen MR) is 87.1 cm³/mol. The number of hydrogen-bond donors (Lipinski definition) is 0. The summed E-state index contributed by atoms with van der Waals surface area (Å²) in [5.41, 5.74) is 2.60. The van der Waals surface area contributed by atoms with Crippen LogP contribution in [0.5, 0.6) is 0 Å². The minimum absolute atomic E-state index is 0.754. The number of benzene rings is 1. The molecule has 1 aliphatic rings. The standard InChI is InChI=1S/C19H24N2/c1-2-4-15-5-7-16(8-6-15)17-9-11-18(12-10-17)19-20-13-3-14-21-19/h3,9-16H,2,4-8H2,1H3/t15-,16-. The van der Waals surface area contributed by atoms with Crippen molar-refractivity contribution in [2.45, 2.75) is 51.4 Å². The van der Waals surface area contributed by atoms with E-state index in [0.29, 0.717) is 0 Å². The van der Waals surface area contributed by atoms with Gasteiger partial charge in [-0.1, -0.05) is 44.0 Å². The Labute approximate surface area is 127 Å². The molecule has 0 saturated heterocycles. The first-order valence-electron chi connectivity index (χ1n) is 8.24. The van der Waals surface area contributed by atoms with Crippen LogP contribution in [-0.2, 0) is 0 Å². The van der Waals surface area contributed by atoms with Crippen LogP contribution in [0.1, 0.15) is 56.9 Å². The molecule has 1 heterocycles. The molecule has 0 aliphatic heterocycles. The smallest absolute Gasteiger partial charge is 0.159 e. The maximum atomic E-state index is 4.31. The van der Waals surface area contributed by atoms with Crippen molar-refractivity contribution >= 4 is 0 Å². The lowest BCUT2D eigenvalue weighted by atomic mass is 9.77. The van der Waals surface area contributed by atoms with Gasteiger partial charge in [0, 0.05) is 18.0 Å². The molecule has 1 aromatic heterocycles. The van der Waals surface area contributed by atoms with Crippen molar-refractivity contribution in [2.75, 3.05) is 0 Å². The molecule has 0 spiro atoms. The quantitative estimate of drug-likeness (QED) is 0.767. The summed E-state index contributed by atoms with van der Waals surface area (Å²) in [4.78, 5) is 8.62. The van der Waals surface area contributed by atoms with Crippen molar-refractivity contribution in [1.82, 2.24) is 9.97 Å². The van der Waals surface area contributed by atoms with Gasteiger partial charge < -0.3 is 0 Å². The van der Waals surface area contributed by atoms with Crippen molar-refractivity contribution in [1.29, 1.82) is 0 Å². The van der Waals surface area contributed by atoms with E-state index in [4.69, 9.17) is 0 Å². The normalized spacial score (nSPS) is 22.1. The highest BCUT2D eigenvalue weighted by Gasteiger charge is 2.21. The second-order valence-electron chi connectivity index (χ2n) is 6.20. The Hall–Kier alpha value is -1.70. The molecule has 0 N–H and O–H groups in total. The number of aromatic nitrogens is 2. The maximum Gasteiger partial charge on any atom is 0.159 e. The molecule has 2 nitrogen and oxygen atoms in total. The molecule has 110 valence electrons. The topological polar surface area (TPSA) is 25.8 Å². The van der Waals surface area contributed by atoms with E-state index in [1.807, 2.05) is 6.07 Å². The van der Waals surface area contributed by atoms with Crippen molar-refractivity contribution in [3.63, 3.8) is 0 Å². The van der Waals surface area contributed by atoms with Crippen LogP contribution in [0.15, 0.2) is 42.7 Å². The van der Waals surface area contributed by atoms with E-state index < -0.39 is 0 Å². The number of rotatable bonds is 4. The van der Waals surface area contributed by atoms with Crippen LogP contribution >= 0.6 is 0 Å². The predicted octanol–water partition coefficient (Wildman–Crippen LogP) is 5.22. The Morgan fingerprint density at radius 3 is 2.24 bits per heavy atom. The van der Waals surface area contributed by atoms with Crippen molar-refractivity contribution < 1.29 is 0 Å². The van der Waals surface area contributed by atoms with E-state index in [0.717, 1.165) is 23.2 Å². The fourth-order valence-corrected chi connectivity index (χ4v) is 3.55. The van der Waals surface area contributed by atoms with Gasteiger partial charge in [-0.25, -0.2) is 9.97 Å². The lowest BCUT2D eigenvalue weighted by molar-refractivity contribution is 0.308. The molecule has 0 amide bonds. The van der Waals surface area contributed by atoms with Crippen molar-refractivity contribution in [3.8, 4) is 11.4 Å². The third kappa shape index (κ3) is 3.49. The molecule has 1 fully saturated rings. The third-order valence-corrected chi connectivity index (χ3v) is 4.75. The molecule has 2 aromatic rings. The zero-order valence-corrected chi connectivity index (χ0v) is 12.8. The van der Waals surface area contributed by atoms with Gasteiger partial charge in [-0.2, -0.15) is 0 Å². The Bertz CT molecular complexity index is 540. The van der Waals surface area contributed by atoms with Crippen LogP contribution in [0.3, 0.4) is 0 Å². The van der Waals surface area contributed by atoms with Gasteiger partial charge in [-0.15, -0.1) is 0 Å². The minimum Gasteiger partial charge on any atom is -0.237 e. The van der Waals surface area contributed by atoms with Crippen molar-refractivity contribution in [3.05, 3.63) is 48.3 Å². The van der Waals surface area contributed by atoms with Crippen LogP contribution in [-0.4, -0.2) is 9.97 Å². The summed E-state index contributed by atoms with van der Waals surface area (Å²) < 4.78 is 0. The molecule has 2 heteroatoms.